The second-order valence-electron chi connectivity index (χ2n) is 4.77. The molecule has 2 aromatic carbocycles. The summed E-state index contributed by atoms with van der Waals surface area (Å²) in [5.41, 5.74) is 2.96. The Morgan fingerprint density at radius 3 is 2.55 bits per heavy atom. The molecular formula is C18H18BrNO2. The Morgan fingerprint density at radius 1 is 1.23 bits per heavy atom. The van der Waals surface area contributed by atoms with Gasteiger partial charge in [0.05, 0.1) is 11.6 Å². The Balaban J connectivity index is 1.99. The minimum Gasteiger partial charge on any atom is -0.496 e. The van der Waals surface area contributed by atoms with Crippen LogP contribution in [0.1, 0.15) is 18.1 Å². The van der Waals surface area contributed by atoms with Crippen molar-refractivity contribution in [3.63, 3.8) is 0 Å². The van der Waals surface area contributed by atoms with E-state index in [0.717, 1.165) is 27.9 Å². The van der Waals surface area contributed by atoms with Gasteiger partial charge >= 0.3 is 0 Å². The molecule has 0 aliphatic heterocycles. The molecule has 0 aliphatic carbocycles. The molecule has 2 aromatic rings. The summed E-state index contributed by atoms with van der Waals surface area (Å²) in [6, 6.07) is 13.5. The first-order valence-corrected chi connectivity index (χ1v) is 7.83. The van der Waals surface area contributed by atoms with Gasteiger partial charge in [0.2, 0.25) is 5.91 Å². The molecule has 2 rings (SSSR count). The van der Waals surface area contributed by atoms with Crippen LogP contribution in [0.2, 0.25) is 0 Å². The van der Waals surface area contributed by atoms with E-state index >= 15 is 0 Å². The topological polar surface area (TPSA) is 38.3 Å². The third kappa shape index (κ3) is 4.46. The summed E-state index contributed by atoms with van der Waals surface area (Å²) in [5, 5.41) is 2.84. The number of carbonyl (C=O) groups is 1. The number of benzene rings is 2. The molecule has 0 aromatic heterocycles. The molecule has 3 nitrogen and oxygen atoms in total. The fourth-order valence-corrected chi connectivity index (χ4v) is 2.52. The van der Waals surface area contributed by atoms with E-state index in [1.165, 1.54) is 11.6 Å². The predicted molar refractivity (Wildman–Crippen MR) is 94.2 cm³/mol. The van der Waals surface area contributed by atoms with Crippen molar-refractivity contribution in [3.05, 3.63) is 64.1 Å². The third-order valence-electron chi connectivity index (χ3n) is 3.23. The molecule has 0 heterocycles. The van der Waals surface area contributed by atoms with E-state index in [1.807, 2.05) is 42.5 Å². The lowest BCUT2D eigenvalue weighted by Gasteiger charge is -2.04. The van der Waals surface area contributed by atoms with Crippen LogP contribution in [0.25, 0.3) is 6.08 Å². The van der Waals surface area contributed by atoms with E-state index in [2.05, 4.69) is 28.2 Å². The van der Waals surface area contributed by atoms with Crippen LogP contribution in [0.5, 0.6) is 5.75 Å². The second kappa shape index (κ2) is 7.80. The van der Waals surface area contributed by atoms with Crippen LogP contribution < -0.4 is 10.1 Å². The first-order valence-electron chi connectivity index (χ1n) is 7.04. The van der Waals surface area contributed by atoms with Gasteiger partial charge in [0.15, 0.2) is 0 Å². The molecule has 0 saturated heterocycles. The fraction of sp³-hybridized carbons (Fsp3) is 0.167. The van der Waals surface area contributed by atoms with E-state index < -0.39 is 0 Å². The lowest BCUT2D eigenvalue weighted by atomic mass is 10.1. The number of halogens is 1. The number of nitrogens with one attached hydrogen (secondary N) is 1. The van der Waals surface area contributed by atoms with Crippen LogP contribution in [-0.4, -0.2) is 13.0 Å². The molecule has 1 amide bonds. The molecule has 114 valence electrons. The molecular weight excluding hydrogens is 342 g/mol. The quantitative estimate of drug-likeness (QED) is 0.787. The normalized spacial score (nSPS) is 10.7. The largest absolute Gasteiger partial charge is 0.496 e. The van der Waals surface area contributed by atoms with Crippen LogP contribution in [0.4, 0.5) is 5.69 Å². The SMILES string of the molecule is CCc1ccc(NC(=O)/C=C/c2ccc(OC)c(Br)c2)cc1. The molecule has 0 spiro atoms. The van der Waals surface area contributed by atoms with Crippen molar-refractivity contribution in [2.24, 2.45) is 0 Å². The van der Waals surface area contributed by atoms with Gasteiger partial charge in [-0.15, -0.1) is 0 Å². The van der Waals surface area contributed by atoms with Crippen molar-refractivity contribution in [2.45, 2.75) is 13.3 Å². The number of methoxy groups -OCH3 is 1. The fourth-order valence-electron chi connectivity index (χ4n) is 1.97. The summed E-state index contributed by atoms with van der Waals surface area (Å²) in [4.78, 5) is 11.9. The first-order chi connectivity index (χ1) is 10.6. The minimum atomic E-state index is -0.156. The maximum Gasteiger partial charge on any atom is 0.248 e. The average molecular weight is 360 g/mol. The standard InChI is InChI=1S/C18H18BrNO2/c1-3-13-4-8-15(9-5-13)20-18(21)11-7-14-6-10-17(22-2)16(19)12-14/h4-12H,3H2,1-2H3,(H,20,21)/b11-7+. The van der Waals surface area contributed by atoms with Gasteiger partial charge in [0.25, 0.3) is 0 Å². The van der Waals surface area contributed by atoms with E-state index in [1.54, 1.807) is 13.2 Å². The van der Waals surface area contributed by atoms with Gasteiger partial charge in [0.1, 0.15) is 5.75 Å². The van der Waals surface area contributed by atoms with Gasteiger partial charge in [-0.05, 0) is 63.8 Å². The molecule has 0 saturated carbocycles. The number of anilines is 1. The summed E-state index contributed by atoms with van der Waals surface area (Å²) in [5.74, 6) is 0.605. The van der Waals surface area contributed by atoms with E-state index in [4.69, 9.17) is 4.74 Å². The van der Waals surface area contributed by atoms with E-state index in [9.17, 15) is 4.79 Å². The number of hydrogen-bond donors (Lipinski definition) is 1. The third-order valence-corrected chi connectivity index (χ3v) is 3.85. The highest BCUT2D eigenvalue weighted by atomic mass is 79.9. The van der Waals surface area contributed by atoms with Gasteiger partial charge in [-0.25, -0.2) is 0 Å². The summed E-state index contributed by atoms with van der Waals surface area (Å²) < 4.78 is 6.03. The zero-order chi connectivity index (χ0) is 15.9. The maximum atomic E-state index is 11.9. The highest BCUT2D eigenvalue weighted by Crippen LogP contribution is 2.25. The zero-order valence-electron chi connectivity index (χ0n) is 12.6. The smallest absolute Gasteiger partial charge is 0.248 e. The van der Waals surface area contributed by atoms with Crippen LogP contribution >= 0.6 is 15.9 Å². The van der Waals surface area contributed by atoms with Crippen molar-refractivity contribution in [3.8, 4) is 5.75 Å². The van der Waals surface area contributed by atoms with Gasteiger partial charge in [-0.1, -0.05) is 25.1 Å². The highest BCUT2D eigenvalue weighted by Gasteiger charge is 2.01. The Kier molecular flexibility index (Phi) is 5.78. The number of rotatable bonds is 5. The van der Waals surface area contributed by atoms with Crippen LogP contribution in [0.15, 0.2) is 53.0 Å². The number of ether oxygens (including phenoxy) is 1. The van der Waals surface area contributed by atoms with Gasteiger partial charge < -0.3 is 10.1 Å². The van der Waals surface area contributed by atoms with Crippen molar-refractivity contribution < 1.29 is 9.53 Å². The molecule has 22 heavy (non-hydrogen) atoms. The Labute approximate surface area is 139 Å². The van der Waals surface area contributed by atoms with Crippen LogP contribution in [0, 0.1) is 0 Å². The summed E-state index contributed by atoms with van der Waals surface area (Å²) in [6.07, 6.45) is 4.27. The second-order valence-corrected chi connectivity index (χ2v) is 5.62. The van der Waals surface area contributed by atoms with E-state index in [0.29, 0.717) is 0 Å². The molecule has 0 bridgehead atoms. The minimum absolute atomic E-state index is 0.156. The lowest BCUT2D eigenvalue weighted by Crippen LogP contribution is -2.07. The summed E-state index contributed by atoms with van der Waals surface area (Å²) >= 11 is 3.42. The average Bonchev–Trinajstić information content (AvgIpc) is 2.54. The van der Waals surface area contributed by atoms with E-state index in [-0.39, 0.29) is 5.91 Å². The maximum absolute atomic E-state index is 11.9. The lowest BCUT2D eigenvalue weighted by molar-refractivity contribution is -0.111. The molecule has 0 atom stereocenters. The van der Waals surface area contributed by atoms with Crippen LogP contribution in [-0.2, 0) is 11.2 Å². The zero-order valence-corrected chi connectivity index (χ0v) is 14.2. The molecule has 4 heteroatoms. The van der Waals surface area contributed by atoms with Crippen LogP contribution in [0.3, 0.4) is 0 Å². The number of carbonyl (C=O) groups excluding carboxylic acids is 1. The summed E-state index contributed by atoms with van der Waals surface area (Å²) in [7, 11) is 1.62. The van der Waals surface area contributed by atoms with Crippen molar-refractivity contribution in [2.75, 3.05) is 12.4 Å². The highest BCUT2D eigenvalue weighted by molar-refractivity contribution is 9.10. The Hall–Kier alpha value is -2.07. The molecule has 0 aliphatic rings. The van der Waals surface area contributed by atoms with Gasteiger partial charge in [-0.2, -0.15) is 0 Å². The predicted octanol–water partition coefficient (Wildman–Crippen LogP) is 4.67. The summed E-state index contributed by atoms with van der Waals surface area (Å²) in [6.45, 7) is 2.10. The number of amides is 1. The molecule has 0 radical (unpaired) electrons. The molecule has 0 unspecified atom stereocenters. The number of hydrogen-bond acceptors (Lipinski definition) is 2. The number of aryl methyl sites for hydroxylation is 1. The van der Waals surface area contributed by atoms with Crippen molar-refractivity contribution in [1.82, 2.24) is 0 Å². The van der Waals surface area contributed by atoms with Gasteiger partial charge in [0, 0.05) is 11.8 Å². The monoisotopic (exact) mass is 359 g/mol. The first kappa shape index (κ1) is 16.3. The molecule has 1 N–H and O–H groups in total. The Morgan fingerprint density at radius 2 is 1.95 bits per heavy atom. The van der Waals surface area contributed by atoms with Crippen molar-refractivity contribution in [1.29, 1.82) is 0 Å². The van der Waals surface area contributed by atoms with Crippen molar-refractivity contribution >= 4 is 33.6 Å². The Bertz CT molecular complexity index is 678. The molecule has 0 fully saturated rings. The van der Waals surface area contributed by atoms with Gasteiger partial charge in [-0.3, -0.25) is 4.79 Å².